The number of nitrogens with zero attached hydrogens (tertiary/aromatic N) is 2. The Kier molecular flexibility index (Phi) is 5.17. The lowest BCUT2D eigenvalue weighted by atomic mass is 10.0. The molecule has 0 spiro atoms. The number of carbonyl (C=O) groups is 1. The van der Waals surface area contributed by atoms with E-state index in [1.54, 1.807) is 6.20 Å². The minimum Gasteiger partial charge on any atom is -0.382 e. The Labute approximate surface area is 139 Å². The second-order valence-corrected chi connectivity index (χ2v) is 6.46. The zero-order valence-corrected chi connectivity index (χ0v) is 13.6. The minimum absolute atomic E-state index is 0.0643. The summed E-state index contributed by atoms with van der Waals surface area (Å²) in [5.74, 6) is 0.356. The Morgan fingerprint density at radius 1 is 1.43 bits per heavy atom. The van der Waals surface area contributed by atoms with E-state index in [1.807, 2.05) is 0 Å². The zero-order chi connectivity index (χ0) is 16.2. The molecule has 8 heteroatoms. The third-order valence-corrected chi connectivity index (χ3v) is 4.71. The fourth-order valence-corrected chi connectivity index (χ4v) is 3.23. The number of ether oxygens (including phenoxy) is 1. The van der Waals surface area contributed by atoms with E-state index in [-0.39, 0.29) is 29.0 Å². The second-order valence-electron chi connectivity index (χ2n) is 6.08. The van der Waals surface area contributed by atoms with Crippen LogP contribution in [0, 0.1) is 5.92 Å². The van der Waals surface area contributed by atoms with Gasteiger partial charge in [-0.3, -0.25) is 9.59 Å². The molecule has 23 heavy (non-hydrogen) atoms. The van der Waals surface area contributed by atoms with Crippen LogP contribution >= 0.6 is 11.6 Å². The minimum atomic E-state index is -0.351. The van der Waals surface area contributed by atoms with Gasteiger partial charge in [0.1, 0.15) is 5.02 Å². The van der Waals surface area contributed by atoms with Crippen molar-refractivity contribution in [2.75, 3.05) is 31.6 Å². The maximum Gasteiger partial charge on any atom is 0.287 e. The van der Waals surface area contributed by atoms with Crippen molar-refractivity contribution in [1.29, 1.82) is 0 Å². The van der Waals surface area contributed by atoms with Crippen molar-refractivity contribution < 1.29 is 9.53 Å². The number of nitrogens with one attached hydrogen (secondary N) is 2. The topological polar surface area (TPSA) is 85.2 Å². The van der Waals surface area contributed by atoms with Crippen LogP contribution in [0.15, 0.2) is 11.0 Å². The van der Waals surface area contributed by atoms with E-state index in [1.165, 1.54) is 4.68 Å². The van der Waals surface area contributed by atoms with Crippen LogP contribution in [0.25, 0.3) is 0 Å². The Hall–Kier alpha value is -1.60. The van der Waals surface area contributed by atoms with Crippen molar-refractivity contribution in [3.63, 3.8) is 0 Å². The van der Waals surface area contributed by atoms with Crippen LogP contribution in [0.2, 0.25) is 5.02 Å². The molecule has 126 valence electrons. The van der Waals surface area contributed by atoms with Crippen LogP contribution < -0.4 is 16.2 Å². The molecular weight excluding hydrogens is 320 g/mol. The van der Waals surface area contributed by atoms with Crippen LogP contribution in [-0.4, -0.2) is 42.0 Å². The smallest absolute Gasteiger partial charge is 0.287 e. The highest BCUT2D eigenvalue weighted by Gasteiger charge is 2.24. The molecular formula is C15H21ClN4O3. The van der Waals surface area contributed by atoms with Crippen molar-refractivity contribution in [3.8, 4) is 0 Å². The molecule has 2 unspecified atom stereocenters. The molecule has 2 aliphatic heterocycles. The monoisotopic (exact) mass is 340 g/mol. The summed E-state index contributed by atoms with van der Waals surface area (Å²) in [5.41, 5.74) is 0.190. The van der Waals surface area contributed by atoms with E-state index < -0.39 is 0 Å². The SMILES string of the molecule is O=C1CC(n2ncc(NCC3CCCOC3)c(Cl)c2=O)CCN1. The molecule has 3 heterocycles. The van der Waals surface area contributed by atoms with E-state index in [0.29, 0.717) is 31.1 Å². The van der Waals surface area contributed by atoms with Crippen molar-refractivity contribution in [2.24, 2.45) is 5.92 Å². The summed E-state index contributed by atoms with van der Waals surface area (Å²) in [4.78, 5) is 23.9. The highest BCUT2D eigenvalue weighted by atomic mass is 35.5. The zero-order valence-electron chi connectivity index (χ0n) is 12.9. The lowest BCUT2D eigenvalue weighted by molar-refractivity contribution is -0.123. The number of anilines is 1. The van der Waals surface area contributed by atoms with Gasteiger partial charge in [0.25, 0.3) is 5.56 Å². The quantitative estimate of drug-likeness (QED) is 0.860. The average Bonchev–Trinajstić information content (AvgIpc) is 2.57. The van der Waals surface area contributed by atoms with E-state index in [4.69, 9.17) is 16.3 Å². The van der Waals surface area contributed by atoms with Gasteiger partial charge in [0.05, 0.1) is 24.5 Å². The number of rotatable bonds is 4. The van der Waals surface area contributed by atoms with Gasteiger partial charge in [-0.1, -0.05) is 11.6 Å². The number of amides is 1. The summed E-state index contributed by atoms with van der Waals surface area (Å²) in [6.07, 6.45) is 4.67. The Balaban J connectivity index is 1.69. The molecule has 0 aliphatic carbocycles. The third-order valence-electron chi connectivity index (χ3n) is 4.35. The van der Waals surface area contributed by atoms with Gasteiger partial charge in [-0.05, 0) is 25.2 Å². The molecule has 7 nitrogen and oxygen atoms in total. The van der Waals surface area contributed by atoms with Gasteiger partial charge in [0, 0.05) is 26.1 Å². The fraction of sp³-hybridized carbons (Fsp3) is 0.667. The molecule has 2 saturated heterocycles. The van der Waals surface area contributed by atoms with Crippen LogP contribution in [0.4, 0.5) is 5.69 Å². The first-order chi connectivity index (χ1) is 11.1. The molecule has 2 fully saturated rings. The van der Waals surface area contributed by atoms with Gasteiger partial charge in [0.15, 0.2) is 0 Å². The Morgan fingerprint density at radius 3 is 3.04 bits per heavy atom. The highest BCUT2D eigenvalue weighted by molar-refractivity contribution is 6.32. The molecule has 0 bridgehead atoms. The maximum absolute atomic E-state index is 12.4. The van der Waals surface area contributed by atoms with Crippen molar-refractivity contribution in [2.45, 2.75) is 31.7 Å². The maximum atomic E-state index is 12.4. The molecule has 0 radical (unpaired) electrons. The molecule has 2 aliphatic rings. The predicted octanol–water partition coefficient (Wildman–Crippen LogP) is 1.19. The summed E-state index contributed by atoms with van der Waals surface area (Å²) in [6.45, 7) is 2.81. The summed E-state index contributed by atoms with van der Waals surface area (Å²) in [7, 11) is 0. The van der Waals surface area contributed by atoms with Gasteiger partial charge in [0.2, 0.25) is 5.91 Å². The second kappa shape index (κ2) is 7.31. The number of aromatic nitrogens is 2. The van der Waals surface area contributed by atoms with Crippen molar-refractivity contribution in [3.05, 3.63) is 21.6 Å². The largest absolute Gasteiger partial charge is 0.382 e. The average molecular weight is 341 g/mol. The van der Waals surface area contributed by atoms with E-state index in [0.717, 1.165) is 26.1 Å². The van der Waals surface area contributed by atoms with Crippen LogP contribution in [-0.2, 0) is 9.53 Å². The van der Waals surface area contributed by atoms with Gasteiger partial charge in [-0.15, -0.1) is 0 Å². The molecule has 1 aromatic heterocycles. The number of piperidine rings is 1. The standard InChI is InChI=1S/C15H21ClN4O3/c16-14-12(18-7-10-2-1-5-23-9-10)8-19-20(15(14)22)11-3-4-17-13(21)6-11/h8,10-11,18H,1-7,9H2,(H,17,21). The molecule has 1 amide bonds. The molecule has 0 saturated carbocycles. The van der Waals surface area contributed by atoms with Gasteiger partial charge in [-0.2, -0.15) is 5.10 Å². The number of hydrogen-bond acceptors (Lipinski definition) is 5. The first-order valence-corrected chi connectivity index (χ1v) is 8.38. The summed E-state index contributed by atoms with van der Waals surface area (Å²) in [6, 6.07) is -0.227. The van der Waals surface area contributed by atoms with E-state index in [9.17, 15) is 9.59 Å². The highest BCUT2D eigenvalue weighted by Crippen LogP contribution is 2.21. The number of hydrogen-bond donors (Lipinski definition) is 2. The first-order valence-electron chi connectivity index (χ1n) is 8.01. The summed E-state index contributed by atoms with van der Waals surface area (Å²) in [5, 5.41) is 10.3. The van der Waals surface area contributed by atoms with Gasteiger partial charge >= 0.3 is 0 Å². The Morgan fingerprint density at radius 2 is 2.30 bits per heavy atom. The lowest BCUT2D eigenvalue weighted by Crippen LogP contribution is -2.39. The van der Waals surface area contributed by atoms with Crippen LogP contribution in [0.3, 0.4) is 0 Å². The summed E-state index contributed by atoms with van der Waals surface area (Å²) >= 11 is 6.20. The molecule has 1 aromatic rings. The van der Waals surface area contributed by atoms with Crippen LogP contribution in [0.1, 0.15) is 31.7 Å². The summed E-state index contributed by atoms with van der Waals surface area (Å²) < 4.78 is 6.77. The first kappa shape index (κ1) is 16.3. The van der Waals surface area contributed by atoms with E-state index >= 15 is 0 Å². The molecule has 0 aromatic carbocycles. The molecule has 2 atom stereocenters. The molecule has 3 rings (SSSR count). The predicted molar refractivity (Wildman–Crippen MR) is 86.8 cm³/mol. The number of carbonyl (C=O) groups excluding carboxylic acids is 1. The van der Waals surface area contributed by atoms with Crippen LogP contribution in [0.5, 0.6) is 0 Å². The molecule has 2 N–H and O–H groups in total. The Bertz CT molecular complexity index is 628. The van der Waals surface area contributed by atoms with Crippen molar-refractivity contribution >= 4 is 23.2 Å². The normalized spacial score (nSPS) is 25.0. The van der Waals surface area contributed by atoms with Crippen molar-refractivity contribution in [1.82, 2.24) is 15.1 Å². The van der Waals surface area contributed by atoms with E-state index in [2.05, 4.69) is 15.7 Å². The van der Waals surface area contributed by atoms with Gasteiger partial charge < -0.3 is 15.4 Å². The number of halogens is 1. The van der Waals surface area contributed by atoms with Gasteiger partial charge in [-0.25, -0.2) is 4.68 Å². The fourth-order valence-electron chi connectivity index (χ4n) is 3.03. The third kappa shape index (κ3) is 3.84. The lowest BCUT2D eigenvalue weighted by Gasteiger charge is -2.24.